The predicted octanol–water partition coefficient (Wildman–Crippen LogP) is 3.35. The van der Waals surface area contributed by atoms with Crippen molar-refractivity contribution in [1.82, 2.24) is 10.2 Å². The molecule has 0 bridgehead atoms. The van der Waals surface area contributed by atoms with E-state index in [1.54, 1.807) is 41.5 Å². The van der Waals surface area contributed by atoms with E-state index in [9.17, 15) is 23.6 Å². The zero-order valence-electron chi connectivity index (χ0n) is 28.3. The average molecular weight is 658 g/mol. The van der Waals surface area contributed by atoms with Crippen molar-refractivity contribution < 1.29 is 52.0 Å². The molecular formula is C32H52FN3O10. The van der Waals surface area contributed by atoms with Gasteiger partial charge < -0.3 is 44.4 Å². The zero-order chi connectivity index (χ0) is 34.8. The Morgan fingerprint density at radius 2 is 1.43 bits per heavy atom. The van der Waals surface area contributed by atoms with Gasteiger partial charge >= 0.3 is 18.0 Å². The number of ether oxygens (including phenoxy) is 6. The number of nitrogens with one attached hydrogen (secondary N) is 1. The minimum atomic E-state index is -1.19. The summed E-state index contributed by atoms with van der Waals surface area (Å²) in [7, 11) is 1.19. The van der Waals surface area contributed by atoms with Crippen LogP contribution in [0, 0.1) is 5.82 Å². The van der Waals surface area contributed by atoms with E-state index in [1.807, 2.05) is 0 Å². The van der Waals surface area contributed by atoms with Crippen LogP contribution in [0.5, 0.6) is 0 Å². The zero-order valence-corrected chi connectivity index (χ0v) is 28.3. The van der Waals surface area contributed by atoms with Crippen molar-refractivity contribution in [3.05, 3.63) is 35.1 Å². The van der Waals surface area contributed by atoms with E-state index in [-0.39, 0.29) is 37.2 Å². The first-order valence-electron chi connectivity index (χ1n) is 15.4. The largest absolute Gasteiger partial charge is 0.469 e. The molecule has 0 unspecified atom stereocenters. The van der Waals surface area contributed by atoms with Gasteiger partial charge in [0.2, 0.25) is 5.91 Å². The molecule has 0 aliphatic carbocycles. The highest BCUT2D eigenvalue weighted by atomic mass is 19.1. The third-order valence-electron chi connectivity index (χ3n) is 5.88. The molecule has 0 radical (unpaired) electrons. The smallest absolute Gasteiger partial charge is 0.407 e. The van der Waals surface area contributed by atoms with Crippen molar-refractivity contribution in [3.63, 3.8) is 0 Å². The molecule has 1 atom stereocenters. The molecule has 13 nitrogen and oxygen atoms in total. The van der Waals surface area contributed by atoms with Crippen molar-refractivity contribution in [3.8, 4) is 0 Å². The topological polar surface area (TPSA) is 165 Å². The van der Waals surface area contributed by atoms with Crippen LogP contribution < -0.4 is 11.1 Å². The lowest BCUT2D eigenvalue weighted by atomic mass is 10.1. The Balaban J connectivity index is 2.49. The lowest BCUT2D eigenvalue weighted by Gasteiger charge is -2.26. The quantitative estimate of drug-likeness (QED) is 0.120. The minimum Gasteiger partial charge on any atom is -0.469 e. The molecule has 1 aromatic rings. The van der Waals surface area contributed by atoms with Crippen LogP contribution in [0.3, 0.4) is 0 Å². The Labute approximate surface area is 271 Å². The summed E-state index contributed by atoms with van der Waals surface area (Å²) < 4.78 is 46.5. The molecule has 0 aliphatic rings. The lowest BCUT2D eigenvalue weighted by Crippen LogP contribution is -2.45. The highest BCUT2D eigenvalue weighted by molar-refractivity contribution is 5.90. The number of nitrogens with zero attached hydrogens (tertiary/aromatic N) is 1. The summed E-state index contributed by atoms with van der Waals surface area (Å²) in [5, 5.41) is 2.66. The van der Waals surface area contributed by atoms with Crippen molar-refractivity contribution >= 4 is 23.9 Å². The molecule has 0 heterocycles. The maximum Gasteiger partial charge on any atom is 0.407 e. The predicted molar refractivity (Wildman–Crippen MR) is 168 cm³/mol. The molecule has 262 valence electrons. The van der Waals surface area contributed by atoms with Gasteiger partial charge in [0.25, 0.3) is 0 Å². The van der Waals surface area contributed by atoms with Crippen LogP contribution in [-0.4, -0.2) is 106 Å². The fraction of sp³-hybridized carbons (Fsp3) is 0.688. The number of halogens is 1. The van der Waals surface area contributed by atoms with E-state index in [4.69, 9.17) is 29.4 Å². The van der Waals surface area contributed by atoms with Gasteiger partial charge in [-0.3, -0.25) is 9.59 Å². The summed E-state index contributed by atoms with van der Waals surface area (Å²) in [6.07, 6.45) is 0.227. The summed E-state index contributed by atoms with van der Waals surface area (Å²) >= 11 is 0. The van der Waals surface area contributed by atoms with Gasteiger partial charge in [-0.2, -0.15) is 0 Å². The summed E-state index contributed by atoms with van der Waals surface area (Å²) in [5.41, 5.74) is 4.93. The number of nitrogens with two attached hydrogens (primary N) is 1. The highest BCUT2D eigenvalue weighted by Crippen LogP contribution is 2.18. The van der Waals surface area contributed by atoms with Crippen LogP contribution in [0.4, 0.5) is 9.18 Å². The van der Waals surface area contributed by atoms with E-state index in [2.05, 4.69) is 10.1 Å². The fourth-order valence-electron chi connectivity index (χ4n) is 3.80. The van der Waals surface area contributed by atoms with Crippen LogP contribution in [0.15, 0.2) is 18.2 Å². The van der Waals surface area contributed by atoms with Crippen LogP contribution >= 0.6 is 0 Å². The molecule has 0 aromatic heterocycles. The van der Waals surface area contributed by atoms with Gasteiger partial charge in [0.15, 0.2) is 0 Å². The number of carbonyl (C=O) groups is 4. The van der Waals surface area contributed by atoms with E-state index in [0.717, 1.165) is 6.07 Å². The molecule has 14 heteroatoms. The molecule has 1 rings (SSSR count). The molecule has 0 saturated heterocycles. The Kier molecular flexibility index (Phi) is 18.3. The first-order valence-corrected chi connectivity index (χ1v) is 15.4. The van der Waals surface area contributed by atoms with Crippen molar-refractivity contribution in [2.75, 3.05) is 59.8 Å². The third kappa shape index (κ3) is 18.6. The molecule has 3 N–H and O–H groups in total. The van der Waals surface area contributed by atoms with E-state index in [1.165, 1.54) is 24.1 Å². The number of rotatable bonds is 20. The van der Waals surface area contributed by atoms with Crippen molar-refractivity contribution in [2.45, 2.75) is 84.6 Å². The van der Waals surface area contributed by atoms with Gasteiger partial charge in [0.1, 0.15) is 17.0 Å². The number of carbonyl (C=O) groups excluding carboxylic acids is 4. The number of benzene rings is 1. The first-order chi connectivity index (χ1) is 21.5. The van der Waals surface area contributed by atoms with E-state index in [0.29, 0.717) is 52.4 Å². The highest BCUT2D eigenvalue weighted by Gasteiger charge is 2.26. The first kappa shape index (κ1) is 40.7. The standard InChI is InChI=1S/C32H52FN3O10/c1-31(2,3)45-29(39)23-10-11-25(33)24(20-23)22-36(28(38)26(34)21-27(37)41-7)13-9-15-43-17-19-44-18-16-42-14-8-12-35-30(40)46-32(4,5)6/h10-11,20,26H,8-9,12-19,21-22,34H2,1-7H3,(H,35,40)/t26-/m1/s1. The SMILES string of the molecule is COC(=O)C[C@@H](N)C(=O)N(CCCOCCOCCOCCCNC(=O)OC(C)(C)C)Cc1cc(C(=O)OC(C)(C)C)ccc1F. The van der Waals surface area contributed by atoms with Crippen LogP contribution in [-0.2, 0) is 44.6 Å². The van der Waals surface area contributed by atoms with E-state index >= 15 is 0 Å². The Morgan fingerprint density at radius 3 is 2.00 bits per heavy atom. The van der Waals surface area contributed by atoms with Gasteiger partial charge in [-0.1, -0.05) is 0 Å². The summed E-state index contributed by atoms with van der Waals surface area (Å²) in [4.78, 5) is 50.3. The molecule has 0 aliphatic heterocycles. The summed E-state index contributed by atoms with van der Waals surface area (Å²) in [6.45, 7) is 13.1. The number of methoxy groups -OCH3 is 1. The number of hydrogen-bond acceptors (Lipinski definition) is 11. The molecule has 2 amide bonds. The summed E-state index contributed by atoms with van der Waals surface area (Å²) in [6, 6.07) is 2.61. The van der Waals surface area contributed by atoms with Crippen molar-refractivity contribution in [2.24, 2.45) is 5.73 Å². The number of esters is 2. The second kappa shape index (κ2) is 20.7. The second-order valence-corrected chi connectivity index (χ2v) is 12.4. The summed E-state index contributed by atoms with van der Waals surface area (Å²) in [5.74, 6) is -2.45. The van der Waals surface area contributed by atoms with E-state index < -0.39 is 47.0 Å². The molecule has 0 spiro atoms. The normalized spacial score (nSPS) is 12.3. The lowest BCUT2D eigenvalue weighted by molar-refractivity contribution is -0.144. The van der Waals surface area contributed by atoms with Gasteiger partial charge in [-0.15, -0.1) is 0 Å². The van der Waals surface area contributed by atoms with Crippen LogP contribution in [0.25, 0.3) is 0 Å². The van der Waals surface area contributed by atoms with Crippen molar-refractivity contribution in [1.29, 1.82) is 0 Å². The minimum absolute atomic E-state index is 0.0952. The average Bonchev–Trinajstić information content (AvgIpc) is 2.95. The van der Waals surface area contributed by atoms with Gasteiger partial charge in [-0.05, 0) is 72.6 Å². The molecular weight excluding hydrogens is 605 g/mol. The Morgan fingerprint density at radius 1 is 0.870 bits per heavy atom. The van der Waals surface area contributed by atoms with Gasteiger partial charge in [-0.25, -0.2) is 14.0 Å². The van der Waals surface area contributed by atoms with Gasteiger partial charge in [0.05, 0.1) is 51.6 Å². The van der Waals surface area contributed by atoms with Crippen LogP contribution in [0.1, 0.15) is 76.7 Å². The van der Waals surface area contributed by atoms with Gasteiger partial charge in [0, 0.05) is 38.4 Å². The Bertz CT molecular complexity index is 1100. The fourth-order valence-corrected chi connectivity index (χ4v) is 3.80. The molecule has 1 aromatic carbocycles. The number of alkyl carbamates (subject to hydrolysis) is 1. The Hall–Kier alpha value is -3.33. The molecule has 0 fully saturated rings. The molecule has 46 heavy (non-hydrogen) atoms. The second-order valence-electron chi connectivity index (χ2n) is 12.4. The monoisotopic (exact) mass is 657 g/mol. The number of hydrogen-bond donors (Lipinski definition) is 2. The maximum absolute atomic E-state index is 14.8. The van der Waals surface area contributed by atoms with Crippen LogP contribution in [0.2, 0.25) is 0 Å². The number of amides is 2. The third-order valence-corrected chi connectivity index (χ3v) is 5.88. The maximum atomic E-state index is 14.8. The molecule has 0 saturated carbocycles.